The topological polar surface area (TPSA) is 147 Å². The monoisotopic (exact) mass is 297 g/mol. The van der Waals surface area contributed by atoms with E-state index in [9.17, 15) is 9.59 Å². The summed E-state index contributed by atoms with van der Waals surface area (Å²) in [4.78, 5) is 22.5. The van der Waals surface area contributed by atoms with E-state index < -0.39 is 18.2 Å². The van der Waals surface area contributed by atoms with E-state index in [1.807, 2.05) is 0 Å². The highest BCUT2D eigenvalue weighted by molar-refractivity contribution is 5.92. The van der Waals surface area contributed by atoms with Crippen molar-refractivity contribution in [2.45, 2.75) is 26.8 Å². The summed E-state index contributed by atoms with van der Waals surface area (Å²) in [6.45, 7) is 2.73. The highest BCUT2D eigenvalue weighted by Crippen LogP contribution is 2.12. The van der Waals surface area contributed by atoms with Crippen LogP contribution < -0.4 is 5.32 Å². The Balaban J connectivity index is 1.95. The fourth-order valence-corrected chi connectivity index (χ4v) is 1.31. The summed E-state index contributed by atoms with van der Waals surface area (Å²) >= 11 is 0. The number of hydrogen-bond donors (Lipinski definition) is 1. The molecule has 1 N–H and O–H groups in total. The second-order valence-corrected chi connectivity index (χ2v) is 3.73. The van der Waals surface area contributed by atoms with Gasteiger partial charge in [0.15, 0.2) is 0 Å². The highest BCUT2D eigenvalue weighted by atomic mass is 16.7. The van der Waals surface area contributed by atoms with E-state index >= 15 is 0 Å². The van der Waals surface area contributed by atoms with Crippen molar-refractivity contribution in [2.75, 3.05) is 5.32 Å². The van der Waals surface area contributed by atoms with E-state index in [-0.39, 0.29) is 18.2 Å². The minimum Gasteiger partial charge on any atom is -0.426 e. The highest BCUT2D eigenvalue weighted by Gasteiger charge is 2.22. The van der Waals surface area contributed by atoms with Crippen molar-refractivity contribution >= 4 is 17.8 Å². The fourth-order valence-electron chi connectivity index (χ4n) is 1.31. The Morgan fingerprint density at radius 2 is 2.24 bits per heavy atom. The Morgan fingerprint density at radius 3 is 2.90 bits per heavy atom. The van der Waals surface area contributed by atoms with Gasteiger partial charge in [-0.15, -0.1) is 5.10 Å². The molecule has 1 unspecified atom stereocenters. The first-order valence-electron chi connectivity index (χ1n) is 5.71. The maximum atomic E-state index is 11.8. The van der Waals surface area contributed by atoms with Crippen molar-refractivity contribution in [3.05, 3.63) is 12.0 Å². The third-order valence-electron chi connectivity index (χ3n) is 2.09. The largest absolute Gasteiger partial charge is 0.426 e. The Kier molecular flexibility index (Phi) is 4.38. The predicted octanol–water partition coefficient (Wildman–Crippen LogP) is -0.808. The van der Waals surface area contributed by atoms with Crippen molar-refractivity contribution in [3.8, 4) is 0 Å². The van der Waals surface area contributed by atoms with Gasteiger partial charge >= 0.3 is 11.9 Å². The molecule has 12 nitrogen and oxygen atoms in total. The van der Waals surface area contributed by atoms with Crippen molar-refractivity contribution in [1.82, 2.24) is 30.5 Å². The van der Waals surface area contributed by atoms with Crippen LogP contribution >= 0.6 is 0 Å². The maximum Gasteiger partial charge on any atom is 0.367 e. The molecule has 112 valence electrons. The molecule has 12 heteroatoms. The van der Waals surface area contributed by atoms with Gasteiger partial charge in [-0.3, -0.25) is 4.79 Å². The molecule has 2 rings (SSSR count). The van der Waals surface area contributed by atoms with Crippen LogP contribution in [0.15, 0.2) is 11.0 Å². The standard InChI is InChI=1S/C9H11N7O5/c1-5(17)19-6(2)20-9(18)7-8(13-21-12-7)10-3-16-4-11-14-15-16/h4,6H,3H2,1-2H3,(H,10,13). The van der Waals surface area contributed by atoms with Gasteiger partial charge in [-0.05, 0) is 20.7 Å². The number of tetrazole rings is 1. The van der Waals surface area contributed by atoms with Gasteiger partial charge < -0.3 is 14.8 Å². The Morgan fingerprint density at radius 1 is 1.43 bits per heavy atom. The lowest BCUT2D eigenvalue weighted by atomic mass is 10.4. The molecule has 1 atom stereocenters. The van der Waals surface area contributed by atoms with Gasteiger partial charge in [-0.2, -0.15) is 0 Å². The summed E-state index contributed by atoms with van der Waals surface area (Å²) in [6.07, 6.45) is 0.306. The van der Waals surface area contributed by atoms with Crippen LogP contribution in [0.1, 0.15) is 24.3 Å². The number of nitrogens with one attached hydrogen (secondary N) is 1. The number of ether oxygens (including phenoxy) is 2. The van der Waals surface area contributed by atoms with Crippen LogP contribution in [0, 0.1) is 0 Å². The molecule has 0 bridgehead atoms. The second kappa shape index (κ2) is 6.40. The smallest absolute Gasteiger partial charge is 0.367 e. The number of carbonyl (C=O) groups is 2. The van der Waals surface area contributed by atoms with Gasteiger partial charge in [-0.1, -0.05) is 0 Å². The lowest BCUT2D eigenvalue weighted by Gasteiger charge is -2.11. The lowest BCUT2D eigenvalue weighted by Crippen LogP contribution is -2.21. The average molecular weight is 297 g/mol. The zero-order valence-electron chi connectivity index (χ0n) is 11.1. The van der Waals surface area contributed by atoms with Crippen LogP contribution in [-0.2, 0) is 20.9 Å². The molecule has 0 aliphatic rings. The first kappa shape index (κ1) is 14.4. The average Bonchev–Trinajstić information content (AvgIpc) is 3.06. The van der Waals surface area contributed by atoms with E-state index in [1.165, 1.54) is 24.9 Å². The summed E-state index contributed by atoms with van der Waals surface area (Å²) in [6, 6.07) is 0. The third kappa shape index (κ3) is 3.95. The van der Waals surface area contributed by atoms with Gasteiger partial charge in [0.1, 0.15) is 13.0 Å². The van der Waals surface area contributed by atoms with Crippen LogP contribution in [0.5, 0.6) is 0 Å². The molecule has 2 aromatic rings. The van der Waals surface area contributed by atoms with Crippen molar-refractivity contribution < 1.29 is 23.7 Å². The maximum absolute atomic E-state index is 11.8. The van der Waals surface area contributed by atoms with E-state index in [0.717, 1.165) is 0 Å². The summed E-state index contributed by atoms with van der Waals surface area (Å²) < 4.78 is 15.3. The van der Waals surface area contributed by atoms with E-state index in [0.29, 0.717) is 0 Å². The molecule has 0 amide bonds. The Bertz CT molecular complexity index is 610. The molecule has 0 aromatic carbocycles. The minimum atomic E-state index is -1.06. The molecular weight excluding hydrogens is 286 g/mol. The van der Waals surface area contributed by atoms with E-state index in [1.54, 1.807) is 0 Å². The molecular formula is C9H11N7O5. The van der Waals surface area contributed by atoms with Crippen molar-refractivity contribution in [2.24, 2.45) is 0 Å². The van der Waals surface area contributed by atoms with Gasteiger partial charge in [0, 0.05) is 13.8 Å². The number of esters is 2. The molecule has 21 heavy (non-hydrogen) atoms. The molecule has 2 aromatic heterocycles. The number of rotatable bonds is 6. The van der Waals surface area contributed by atoms with Crippen molar-refractivity contribution in [1.29, 1.82) is 0 Å². The normalized spacial score (nSPS) is 11.7. The van der Waals surface area contributed by atoms with Crippen LogP contribution in [0.2, 0.25) is 0 Å². The SMILES string of the molecule is CC(=O)OC(C)OC(=O)c1nonc1NCn1cnnn1. The summed E-state index contributed by atoms with van der Waals surface area (Å²) in [5, 5.41) is 20.2. The molecule has 0 aliphatic heterocycles. The molecule has 0 aliphatic carbocycles. The van der Waals surface area contributed by atoms with E-state index in [4.69, 9.17) is 4.74 Å². The Labute approximate surface area is 117 Å². The zero-order valence-corrected chi connectivity index (χ0v) is 11.1. The second-order valence-electron chi connectivity index (χ2n) is 3.73. The van der Waals surface area contributed by atoms with Gasteiger partial charge in [-0.25, -0.2) is 14.1 Å². The van der Waals surface area contributed by atoms with Crippen molar-refractivity contribution in [3.63, 3.8) is 0 Å². The zero-order chi connectivity index (χ0) is 15.2. The van der Waals surface area contributed by atoms with Gasteiger partial charge in [0.05, 0.1) is 0 Å². The number of anilines is 1. The fraction of sp³-hybridized carbons (Fsp3) is 0.444. The van der Waals surface area contributed by atoms with E-state index in [2.05, 4.69) is 40.5 Å². The van der Waals surface area contributed by atoms with Crippen LogP contribution in [0.25, 0.3) is 0 Å². The number of hydrogen-bond acceptors (Lipinski definition) is 11. The predicted molar refractivity (Wildman–Crippen MR) is 62.4 cm³/mol. The molecule has 0 radical (unpaired) electrons. The quantitative estimate of drug-likeness (QED) is 0.527. The molecule has 0 fully saturated rings. The molecule has 0 saturated heterocycles. The summed E-state index contributed by atoms with van der Waals surface area (Å²) in [5.41, 5.74) is -0.193. The lowest BCUT2D eigenvalue weighted by molar-refractivity contribution is -0.162. The van der Waals surface area contributed by atoms with Crippen LogP contribution in [0.3, 0.4) is 0 Å². The number of carbonyl (C=O) groups excluding carboxylic acids is 2. The number of nitrogens with zero attached hydrogens (tertiary/aromatic N) is 6. The third-order valence-corrected chi connectivity index (χ3v) is 2.09. The minimum absolute atomic E-state index is 0.0468. The molecule has 2 heterocycles. The van der Waals surface area contributed by atoms with Crippen LogP contribution in [-0.4, -0.2) is 48.7 Å². The Hall–Kier alpha value is -3.05. The summed E-state index contributed by atoms with van der Waals surface area (Å²) in [5.74, 6) is -1.39. The first-order chi connectivity index (χ1) is 10.1. The molecule has 0 spiro atoms. The van der Waals surface area contributed by atoms with Gasteiger partial charge in [0.25, 0.3) is 0 Å². The number of aromatic nitrogens is 6. The van der Waals surface area contributed by atoms with Crippen LogP contribution in [0.4, 0.5) is 5.82 Å². The first-order valence-corrected chi connectivity index (χ1v) is 5.71. The van der Waals surface area contributed by atoms with Gasteiger partial charge in [0.2, 0.25) is 17.8 Å². The summed E-state index contributed by atoms with van der Waals surface area (Å²) in [7, 11) is 0. The molecule has 0 saturated carbocycles.